The first kappa shape index (κ1) is 14.8. The van der Waals surface area contributed by atoms with E-state index >= 15 is 0 Å². The summed E-state index contributed by atoms with van der Waals surface area (Å²) in [5, 5.41) is 5.45. The van der Waals surface area contributed by atoms with E-state index in [0.29, 0.717) is 12.5 Å². The third-order valence-corrected chi connectivity index (χ3v) is 3.68. The van der Waals surface area contributed by atoms with Crippen molar-refractivity contribution < 1.29 is 13.6 Å². The molecule has 3 nitrogen and oxygen atoms in total. The molecule has 1 aromatic rings. The molecule has 1 aliphatic rings. The molecule has 1 aliphatic carbocycles. The summed E-state index contributed by atoms with van der Waals surface area (Å²) in [6.45, 7) is 0.624. The second kappa shape index (κ2) is 7.22. The maximum Gasteiger partial charge on any atom is 0.239 e. The average Bonchev–Trinajstić information content (AvgIpc) is 2.47. The van der Waals surface area contributed by atoms with E-state index in [1.54, 1.807) is 0 Å². The number of benzene rings is 1. The van der Waals surface area contributed by atoms with Crippen LogP contribution in [0.15, 0.2) is 18.2 Å². The number of rotatable bonds is 5. The van der Waals surface area contributed by atoms with Crippen LogP contribution < -0.4 is 10.6 Å². The Labute approximate surface area is 117 Å². The molecule has 0 aliphatic heterocycles. The minimum absolute atomic E-state index is 0.0119. The zero-order valence-electron chi connectivity index (χ0n) is 11.4. The van der Waals surface area contributed by atoms with Crippen molar-refractivity contribution in [3.8, 4) is 0 Å². The van der Waals surface area contributed by atoms with Crippen LogP contribution in [0.5, 0.6) is 0 Å². The summed E-state index contributed by atoms with van der Waals surface area (Å²) in [7, 11) is 0. The molecule has 0 heterocycles. The van der Waals surface area contributed by atoms with Crippen LogP contribution in [0.3, 0.4) is 0 Å². The number of hydrogen-bond acceptors (Lipinski definition) is 2. The molecule has 0 unspecified atom stereocenters. The fraction of sp³-hybridized carbons (Fsp3) is 0.533. The predicted molar refractivity (Wildman–Crippen MR) is 74.4 cm³/mol. The van der Waals surface area contributed by atoms with Crippen LogP contribution in [0.4, 0.5) is 14.5 Å². The van der Waals surface area contributed by atoms with Gasteiger partial charge >= 0.3 is 0 Å². The van der Waals surface area contributed by atoms with Crippen LogP contribution in [-0.4, -0.2) is 19.0 Å². The maximum atomic E-state index is 13.3. The smallest absolute Gasteiger partial charge is 0.239 e. The van der Waals surface area contributed by atoms with Gasteiger partial charge in [0.05, 0.1) is 12.2 Å². The average molecular weight is 282 g/mol. The summed E-state index contributed by atoms with van der Waals surface area (Å²) >= 11 is 0. The van der Waals surface area contributed by atoms with Gasteiger partial charge in [-0.05, 0) is 37.0 Å². The van der Waals surface area contributed by atoms with Crippen LogP contribution in [0, 0.1) is 17.6 Å². The highest BCUT2D eigenvalue weighted by atomic mass is 19.1. The van der Waals surface area contributed by atoms with Crippen LogP contribution in [0.1, 0.15) is 32.1 Å². The summed E-state index contributed by atoms with van der Waals surface area (Å²) in [5.74, 6) is -0.735. The number of anilines is 1. The molecule has 20 heavy (non-hydrogen) atoms. The number of hydrogen-bond donors (Lipinski definition) is 2. The molecule has 1 amide bonds. The van der Waals surface area contributed by atoms with Crippen molar-refractivity contribution in [1.29, 1.82) is 0 Å². The van der Waals surface area contributed by atoms with Crippen LogP contribution in [0.25, 0.3) is 0 Å². The number of halogens is 2. The summed E-state index contributed by atoms with van der Waals surface area (Å²) in [6.07, 6.45) is 6.06. The van der Waals surface area contributed by atoms with Gasteiger partial charge in [-0.2, -0.15) is 0 Å². The number of nitrogens with one attached hydrogen (secondary N) is 2. The molecule has 0 atom stereocenters. The van der Waals surface area contributed by atoms with E-state index in [1.807, 2.05) is 0 Å². The van der Waals surface area contributed by atoms with Crippen LogP contribution in [-0.2, 0) is 4.79 Å². The third kappa shape index (κ3) is 4.47. The minimum atomic E-state index is -0.563. The van der Waals surface area contributed by atoms with Gasteiger partial charge < -0.3 is 10.6 Å². The Bertz CT molecular complexity index is 459. The predicted octanol–water partition coefficient (Wildman–Crippen LogP) is 3.07. The van der Waals surface area contributed by atoms with E-state index in [0.717, 1.165) is 31.0 Å². The number of amides is 1. The van der Waals surface area contributed by atoms with Crippen molar-refractivity contribution in [3.63, 3.8) is 0 Å². The third-order valence-electron chi connectivity index (χ3n) is 3.68. The molecule has 0 aromatic heterocycles. The highest BCUT2D eigenvalue weighted by Crippen LogP contribution is 2.22. The highest BCUT2D eigenvalue weighted by molar-refractivity contribution is 5.80. The lowest BCUT2D eigenvalue weighted by Crippen LogP contribution is -2.34. The lowest BCUT2D eigenvalue weighted by Gasteiger charge is -2.21. The summed E-state index contributed by atoms with van der Waals surface area (Å²) in [4.78, 5) is 11.7. The minimum Gasteiger partial charge on any atom is -0.374 e. The van der Waals surface area contributed by atoms with E-state index in [-0.39, 0.29) is 18.1 Å². The molecule has 5 heteroatoms. The molecular weight excluding hydrogens is 262 g/mol. The second-order valence-corrected chi connectivity index (χ2v) is 5.29. The second-order valence-electron chi connectivity index (χ2n) is 5.29. The van der Waals surface area contributed by atoms with E-state index in [4.69, 9.17) is 0 Å². The SMILES string of the molecule is O=C(CNc1cc(F)ccc1F)NCC1CCCCC1. The highest BCUT2D eigenvalue weighted by Gasteiger charge is 2.14. The van der Waals surface area contributed by atoms with Crippen molar-refractivity contribution in [3.05, 3.63) is 29.8 Å². The van der Waals surface area contributed by atoms with E-state index in [2.05, 4.69) is 10.6 Å². The first-order valence-corrected chi connectivity index (χ1v) is 7.11. The first-order valence-electron chi connectivity index (χ1n) is 7.11. The van der Waals surface area contributed by atoms with Gasteiger partial charge in [0.2, 0.25) is 5.91 Å². The normalized spacial score (nSPS) is 15.9. The van der Waals surface area contributed by atoms with E-state index in [1.165, 1.54) is 19.3 Å². The summed E-state index contributed by atoms with van der Waals surface area (Å²) in [6, 6.07) is 3.13. The van der Waals surface area contributed by atoms with Gasteiger partial charge in [-0.15, -0.1) is 0 Å². The topological polar surface area (TPSA) is 41.1 Å². The summed E-state index contributed by atoms with van der Waals surface area (Å²) in [5.41, 5.74) is 0.0119. The molecule has 2 N–H and O–H groups in total. The molecule has 0 saturated heterocycles. The monoisotopic (exact) mass is 282 g/mol. The van der Waals surface area contributed by atoms with Crippen molar-refractivity contribution in [1.82, 2.24) is 5.32 Å². The molecule has 0 spiro atoms. The lowest BCUT2D eigenvalue weighted by molar-refractivity contribution is -0.119. The lowest BCUT2D eigenvalue weighted by atomic mass is 9.89. The Hall–Kier alpha value is -1.65. The van der Waals surface area contributed by atoms with Gasteiger partial charge in [-0.1, -0.05) is 19.3 Å². The van der Waals surface area contributed by atoms with Gasteiger partial charge in [0, 0.05) is 6.54 Å². The van der Waals surface area contributed by atoms with Crippen molar-refractivity contribution in [2.24, 2.45) is 5.92 Å². The number of carbonyl (C=O) groups is 1. The van der Waals surface area contributed by atoms with Gasteiger partial charge in [-0.25, -0.2) is 8.78 Å². The fourth-order valence-corrected chi connectivity index (χ4v) is 2.52. The molecule has 1 aromatic carbocycles. The van der Waals surface area contributed by atoms with E-state index < -0.39 is 11.6 Å². The quantitative estimate of drug-likeness (QED) is 0.871. The Morgan fingerprint density at radius 3 is 2.70 bits per heavy atom. The van der Waals surface area contributed by atoms with Gasteiger partial charge in [0.1, 0.15) is 11.6 Å². The van der Waals surface area contributed by atoms with Crippen molar-refractivity contribution >= 4 is 11.6 Å². The molecule has 110 valence electrons. The Morgan fingerprint density at radius 1 is 1.20 bits per heavy atom. The zero-order valence-corrected chi connectivity index (χ0v) is 11.4. The fourth-order valence-electron chi connectivity index (χ4n) is 2.52. The molecular formula is C15H20F2N2O. The Kier molecular flexibility index (Phi) is 5.32. The van der Waals surface area contributed by atoms with E-state index in [9.17, 15) is 13.6 Å². The molecule has 1 fully saturated rings. The van der Waals surface area contributed by atoms with Gasteiger partial charge in [-0.3, -0.25) is 4.79 Å². The molecule has 0 bridgehead atoms. The standard InChI is InChI=1S/C15H20F2N2O/c16-12-6-7-13(17)14(8-12)18-10-15(20)19-9-11-4-2-1-3-5-11/h6-8,11,18H,1-5,9-10H2,(H,19,20). The number of carbonyl (C=O) groups excluding carboxylic acids is 1. The Morgan fingerprint density at radius 2 is 1.95 bits per heavy atom. The maximum absolute atomic E-state index is 13.3. The summed E-state index contributed by atoms with van der Waals surface area (Å²) < 4.78 is 26.3. The van der Waals surface area contributed by atoms with Crippen molar-refractivity contribution in [2.75, 3.05) is 18.4 Å². The van der Waals surface area contributed by atoms with Crippen LogP contribution in [0.2, 0.25) is 0 Å². The van der Waals surface area contributed by atoms with Gasteiger partial charge in [0.15, 0.2) is 0 Å². The largest absolute Gasteiger partial charge is 0.374 e. The molecule has 0 radical (unpaired) electrons. The van der Waals surface area contributed by atoms with Gasteiger partial charge in [0.25, 0.3) is 0 Å². The van der Waals surface area contributed by atoms with Crippen molar-refractivity contribution in [2.45, 2.75) is 32.1 Å². The zero-order chi connectivity index (χ0) is 14.4. The Balaban J connectivity index is 1.73. The van der Waals surface area contributed by atoms with Crippen LogP contribution >= 0.6 is 0 Å². The molecule has 2 rings (SSSR count). The first-order chi connectivity index (χ1) is 9.65. The molecule has 1 saturated carbocycles.